The molecule has 1 aliphatic rings. The highest BCUT2D eigenvalue weighted by Gasteiger charge is 2.28. The van der Waals surface area contributed by atoms with Crippen LogP contribution in [0.25, 0.3) is 0 Å². The van der Waals surface area contributed by atoms with Crippen LogP contribution in [0.4, 0.5) is 0 Å². The predicted octanol–water partition coefficient (Wildman–Crippen LogP) is 0.484. The number of aryl methyl sites for hydroxylation is 1. The van der Waals surface area contributed by atoms with Crippen molar-refractivity contribution in [3.8, 4) is 11.5 Å². The fourth-order valence-electron chi connectivity index (χ4n) is 3.21. The minimum atomic E-state index is -4.03. The van der Waals surface area contributed by atoms with Gasteiger partial charge in [-0.2, -0.15) is 0 Å². The highest BCUT2D eigenvalue weighted by molar-refractivity contribution is 7.89. The van der Waals surface area contributed by atoms with Gasteiger partial charge in [0.2, 0.25) is 10.0 Å². The molecule has 0 aromatic heterocycles. The number of carbonyl (C=O) groups is 1. The van der Waals surface area contributed by atoms with Gasteiger partial charge in [-0.15, -0.1) is 0 Å². The lowest BCUT2D eigenvalue weighted by Crippen LogP contribution is -2.38. The Morgan fingerprint density at radius 1 is 1.36 bits per heavy atom. The van der Waals surface area contributed by atoms with Gasteiger partial charge in [-0.05, 0) is 45.0 Å². The summed E-state index contributed by atoms with van der Waals surface area (Å²) in [6.45, 7) is 3.08. The van der Waals surface area contributed by atoms with Gasteiger partial charge in [-0.3, -0.25) is 4.79 Å². The molecule has 3 N–H and O–H groups in total. The van der Waals surface area contributed by atoms with Crippen molar-refractivity contribution in [3.05, 3.63) is 17.2 Å². The number of carbonyl (C=O) groups excluding carboxylic acids is 1. The molecule has 0 aliphatic carbocycles. The van der Waals surface area contributed by atoms with Crippen LogP contribution in [0.1, 0.15) is 28.8 Å². The number of sulfonamides is 1. The van der Waals surface area contributed by atoms with E-state index in [0.29, 0.717) is 18.2 Å². The topological polar surface area (TPSA) is 111 Å². The van der Waals surface area contributed by atoms with Crippen LogP contribution in [0.5, 0.6) is 11.5 Å². The number of amides is 1. The molecule has 1 amide bonds. The fourth-order valence-corrected chi connectivity index (χ4v) is 4.15. The second-order valence-corrected chi connectivity index (χ2v) is 7.67. The van der Waals surface area contributed by atoms with E-state index in [1.54, 1.807) is 6.92 Å². The molecular weight excluding hydrogens is 346 g/mol. The molecule has 1 unspecified atom stereocenters. The van der Waals surface area contributed by atoms with E-state index in [1.807, 2.05) is 7.05 Å². The monoisotopic (exact) mass is 371 g/mol. The van der Waals surface area contributed by atoms with Crippen LogP contribution in [-0.2, 0) is 10.0 Å². The second-order valence-electron chi connectivity index (χ2n) is 6.17. The lowest BCUT2D eigenvalue weighted by Gasteiger charge is -2.21. The summed E-state index contributed by atoms with van der Waals surface area (Å²) in [6, 6.07) is 1.75. The number of hydrogen-bond acceptors (Lipinski definition) is 6. The van der Waals surface area contributed by atoms with E-state index >= 15 is 0 Å². The molecule has 1 fully saturated rings. The molecule has 140 valence electrons. The van der Waals surface area contributed by atoms with Crippen molar-refractivity contribution in [2.24, 2.45) is 5.14 Å². The zero-order chi connectivity index (χ0) is 18.8. The van der Waals surface area contributed by atoms with Gasteiger partial charge in [0.15, 0.2) is 11.5 Å². The number of nitrogens with two attached hydrogens (primary N) is 1. The van der Waals surface area contributed by atoms with E-state index < -0.39 is 10.0 Å². The summed E-state index contributed by atoms with van der Waals surface area (Å²) in [4.78, 5) is 14.6. The number of likely N-dealkylation sites (tertiary alicyclic amines) is 1. The molecule has 9 heteroatoms. The maximum Gasteiger partial charge on any atom is 0.255 e. The molecule has 0 spiro atoms. The summed E-state index contributed by atoms with van der Waals surface area (Å²) in [7, 11) is 0.654. The van der Waals surface area contributed by atoms with Crippen LogP contribution in [-0.4, -0.2) is 59.6 Å². The Morgan fingerprint density at radius 2 is 2.00 bits per heavy atom. The van der Waals surface area contributed by atoms with Crippen molar-refractivity contribution in [1.82, 2.24) is 10.2 Å². The van der Waals surface area contributed by atoms with E-state index in [0.717, 1.165) is 19.4 Å². The number of methoxy groups -OCH3 is 2. The maximum absolute atomic E-state index is 12.6. The summed E-state index contributed by atoms with van der Waals surface area (Å²) >= 11 is 0. The number of primary sulfonamides is 1. The Bertz CT molecular complexity index is 764. The summed E-state index contributed by atoms with van der Waals surface area (Å²) in [5.74, 6) is -0.359. The number of rotatable bonds is 6. The smallest absolute Gasteiger partial charge is 0.255 e. The molecule has 1 saturated heterocycles. The molecule has 0 saturated carbocycles. The summed E-state index contributed by atoms with van der Waals surface area (Å²) in [6.07, 6.45) is 2.14. The largest absolute Gasteiger partial charge is 0.492 e. The second kappa shape index (κ2) is 7.59. The standard InChI is InChI=1S/C16H25N3O5S/c1-10-8-12(16(20)18-9-11-6-5-7-19(11)2)13(23-3)14(24-4)15(10)25(17,21)22/h8,11H,5-7,9H2,1-4H3,(H,18,20)(H2,17,21,22). The van der Waals surface area contributed by atoms with E-state index in [1.165, 1.54) is 20.3 Å². The number of likely N-dealkylation sites (N-methyl/N-ethyl adjacent to an activating group) is 1. The molecule has 1 aromatic carbocycles. The third-order valence-corrected chi connectivity index (χ3v) is 5.56. The lowest BCUT2D eigenvalue weighted by molar-refractivity contribution is 0.0939. The first-order chi connectivity index (χ1) is 11.7. The molecule has 0 bridgehead atoms. The number of ether oxygens (including phenoxy) is 2. The fraction of sp³-hybridized carbons (Fsp3) is 0.562. The molecule has 2 rings (SSSR count). The van der Waals surface area contributed by atoms with Gasteiger partial charge in [0.1, 0.15) is 4.90 Å². The molecule has 1 aliphatic heterocycles. The van der Waals surface area contributed by atoms with Crippen LogP contribution in [0.15, 0.2) is 11.0 Å². The highest BCUT2D eigenvalue weighted by atomic mass is 32.2. The van der Waals surface area contributed by atoms with Crippen molar-refractivity contribution >= 4 is 15.9 Å². The molecule has 8 nitrogen and oxygen atoms in total. The average molecular weight is 371 g/mol. The quantitative estimate of drug-likeness (QED) is 0.753. The normalized spacial score (nSPS) is 18.2. The van der Waals surface area contributed by atoms with Gasteiger partial charge in [0, 0.05) is 12.6 Å². The Balaban J connectivity index is 2.37. The number of hydrogen-bond donors (Lipinski definition) is 2. The van der Waals surface area contributed by atoms with Gasteiger partial charge in [-0.1, -0.05) is 0 Å². The molecule has 1 atom stereocenters. The Kier molecular flexibility index (Phi) is 5.91. The SMILES string of the molecule is COc1c(C(=O)NCC2CCCN2C)cc(C)c(S(N)(=O)=O)c1OC. The average Bonchev–Trinajstić information content (AvgIpc) is 2.95. The molecular formula is C16H25N3O5S. The van der Waals surface area contributed by atoms with Crippen molar-refractivity contribution in [3.63, 3.8) is 0 Å². The van der Waals surface area contributed by atoms with E-state index in [4.69, 9.17) is 14.6 Å². The number of nitrogens with zero attached hydrogens (tertiary/aromatic N) is 1. The zero-order valence-corrected chi connectivity index (χ0v) is 15.8. The first-order valence-corrected chi connectivity index (χ1v) is 9.52. The minimum absolute atomic E-state index is 0.0504. The van der Waals surface area contributed by atoms with Gasteiger partial charge in [0.25, 0.3) is 5.91 Å². The van der Waals surface area contributed by atoms with E-state index in [2.05, 4.69) is 10.2 Å². The van der Waals surface area contributed by atoms with E-state index in [-0.39, 0.29) is 27.9 Å². The molecule has 1 aromatic rings. The Morgan fingerprint density at radius 3 is 2.48 bits per heavy atom. The number of nitrogens with one attached hydrogen (secondary N) is 1. The summed E-state index contributed by atoms with van der Waals surface area (Å²) in [5.41, 5.74) is 0.535. The Hall–Kier alpha value is -1.84. The van der Waals surface area contributed by atoms with Crippen molar-refractivity contribution in [2.45, 2.75) is 30.7 Å². The summed E-state index contributed by atoms with van der Waals surface area (Å²) in [5, 5.41) is 8.16. The van der Waals surface area contributed by atoms with Gasteiger partial charge >= 0.3 is 0 Å². The number of benzene rings is 1. The summed E-state index contributed by atoms with van der Waals surface area (Å²) < 4.78 is 34.2. The minimum Gasteiger partial charge on any atom is -0.492 e. The van der Waals surface area contributed by atoms with Crippen molar-refractivity contribution in [1.29, 1.82) is 0 Å². The van der Waals surface area contributed by atoms with Crippen molar-refractivity contribution < 1.29 is 22.7 Å². The first kappa shape index (κ1) is 19.5. The third kappa shape index (κ3) is 4.05. The van der Waals surface area contributed by atoms with Crippen LogP contribution in [0, 0.1) is 6.92 Å². The zero-order valence-electron chi connectivity index (χ0n) is 15.0. The van der Waals surface area contributed by atoms with Crippen LogP contribution in [0.2, 0.25) is 0 Å². The Labute approximate surface area is 148 Å². The van der Waals surface area contributed by atoms with Gasteiger partial charge in [0.05, 0.1) is 19.8 Å². The molecule has 1 heterocycles. The molecule has 0 radical (unpaired) electrons. The van der Waals surface area contributed by atoms with Crippen molar-refractivity contribution in [2.75, 3.05) is 34.4 Å². The maximum atomic E-state index is 12.6. The third-order valence-electron chi connectivity index (χ3n) is 4.48. The van der Waals surface area contributed by atoms with Gasteiger partial charge < -0.3 is 19.7 Å². The van der Waals surface area contributed by atoms with Crippen LogP contribution in [0.3, 0.4) is 0 Å². The van der Waals surface area contributed by atoms with E-state index in [9.17, 15) is 13.2 Å². The highest BCUT2D eigenvalue weighted by Crippen LogP contribution is 2.39. The first-order valence-electron chi connectivity index (χ1n) is 7.97. The van der Waals surface area contributed by atoms with Crippen LogP contribution < -0.4 is 19.9 Å². The molecule has 25 heavy (non-hydrogen) atoms. The van der Waals surface area contributed by atoms with Gasteiger partial charge in [-0.25, -0.2) is 13.6 Å². The predicted molar refractivity (Wildman–Crippen MR) is 93.6 cm³/mol. The lowest BCUT2D eigenvalue weighted by atomic mass is 10.1. The van der Waals surface area contributed by atoms with Crippen LogP contribution >= 0.6 is 0 Å².